The maximum atomic E-state index is 5.71. The normalized spacial score (nSPS) is 31.1. The summed E-state index contributed by atoms with van der Waals surface area (Å²) < 4.78 is 0. The summed E-state index contributed by atoms with van der Waals surface area (Å²) in [5, 5.41) is 0. The molecule has 0 radical (unpaired) electrons. The summed E-state index contributed by atoms with van der Waals surface area (Å²) in [7, 11) is 0. The molecule has 0 aromatic carbocycles. The van der Waals surface area contributed by atoms with E-state index in [1.807, 2.05) is 0 Å². The molecule has 0 atom stereocenters. The molecule has 0 unspecified atom stereocenters. The molecule has 0 aromatic rings. The van der Waals surface area contributed by atoms with Crippen LogP contribution in [0, 0.1) is 5.41 Å². The first-order valence-electron chi connectivity index (χ1n) is 4.66. The van der Waals surface area contributed by atoms with Crippen molar-refractivity contribution >= 4 is 0 Å². The monoisotopic (exact) mass is 154 g/mol. The van der Waals surface area contributed by atoms with Gasteiger partial charge >= 0.3 is 0 Å². The smallest absolute Gasteiger partial charge is 0.0297 e. The number of hydrogen-bond acceptors (Lipinski definition) is 2. The Labute approximate surface area is 68.7 Å². The molecule has 0 spiro atoms. The highest BCUT2D eigenvalue weighted by atomic mass is 15.2. The molecule has 1 aliphatic carbocycles. The summed E-state index contributed by atoms with van der Waals surface area (Å²) in [6, 6.07) is 0.471. The average molecular weight is 154 g/mol. The van der Waals surface area contributed by atoms with Gasteiger partial charge in [-0.2, -0.15) is 0 Å². The summed E-state index contributed by atoms with van der Waals surface area (Å²) in [5.41, 5.74) is 6.36. The Balaban J connectivity index is 1.73. The Kier molecular flexibility index (Phi) is 1.69. The summed E-state index contributed by atoms with van der Waals surface area (Å²) in [6.45, 7) is 5.96. The van der Waals surface area contributed by atoms with Gasteiger partial charge in [0.2, 0.25) is 0 Å². The molecular formula is C9H18N2. The van der Waals surface area contributed by atoms with E-state index in [4.69, 9.17) is 5.73 Å². The summed E-state index contributed by atoms with van der Waals surface area (Å²) >= 11 is 0. The molecule has 2 N–H and O–H groups in total. The summed E-state index contributed by atoms with van der Waals surface area (Å²) in [5.74, 6) is 0. The van der Waals surface area contributed by atoms with Crippen molar-refractivity contribution in [3.63, 3.8) is 0 Å². The number of nitrogens with two attached hydrogens (primary N) is 1. The fraction of sp³-hybridized carbons (Fsp3) is 1.00. The van der Waals surface area contributed by atoms with Crippen LogP contribution in [-0.4, -0.2) is 30.6 Å². The lowest BCUT2D eigenvalue weighted by atomic mass is 9.70. The Bertz CT molecular complexity index is 146. The van der Waals surface area contributed by atoms with Crippen LogP contribution in [0.25, 0.3) is 0 Å². The zero-order valence-corrected chi connectivity index (χ0v) is 7.34. The van der Waals surface area contributed by atoms with Gasteiger partial charge in [-0.3, -0.25) is 4.90 Å². The van der Waals surface area contributed by atoms with Crippen LogP contribution in [-0.2, 0) is 0 Å². The largest absolute Gasteiger partial charge is 0.325 e. The van der Waals surface area contributed by atoms with Crippen LogP contribution in [0.5, 0.6) is 0 Å². The lowest BCUT2D eigenvalue weighted by Crippen LogP contribution is -2.58. The molecule has 2 rings (SSSR count). The van der Waals surface area contributed by atoms with Gasteiger partial charge in [0.25, 0.3) is 0 Å². The van der Waals surface area contributed by atoms with E-state index in [9.17, 15) is 0 Å². The minimum absolute atomic E-state index is 0.471. The molecule has 2 nitrogen and oxygen atoms in total. The van der Waals surface area contributed by atoms with E-state index in [1.54, 1.807) is 0 Å². The van der Waals surface area contributed by atoms with Crippen molar-refractivity contribution in [2.45, 2.75) is 32.2 Å². The molecule has 1 heterocycles. The molecule has 0 amide bonds. The Morgan fingerprint density at radius 1 is 1.45 bits per heavy atom. The molecule has 1 saturated carbocycles. The van der Waals surface area contributed by atoms with Crippen molar-refractivity contribution in [2.75, 3.05) is 19.6 Å². The van der Waals surface area contributed by atoms with Crippen LogP contribution in [0.3, 0.4) is 0 Å². The maximum Gasteiger partial charge on any atom is 0.0297 e. The summed E-state index contributed by atoms with van der Waals surface area (Å²) in [6.07, 6.45) is 4.30. The molecule has 2 heteroatoms. The van der Waals surface area contributed by atoms with Gasteiger partial charge in [0.1, 0.15) is 0 Å². The van der Waals surface area contributed by atoms with Crippen molar-refractivity contribution < 1.29 is 0 Å². The third kappa shape index (κ3) is 1.42. The van der Waals surface area contributed by atoms with Crippen molar-refractivity contribution in [1.29, 1.82) is 0 Å². The standard InChI is InChI=1S/C9H18N2/c1-9(3-2-4-9)7-11-5-8(10)6-11/h8H,2-7,10H2,1H3. The number of hydrogen-bond donors (Lipinski definition) is 1. The van der Waals surface area contributed by atoms with Crippen LogP contribution < -0.4 is 5.73 Å². The fourth-order valence-electron chi connectivity index (χ4n) is 2.22. The van der Waals surface area contributed by atoms with Gasteiger partial charge in [0.15, 0.2) is 0 Å². The van der Waals surface area contributed by atoms with E-state index in [0.717, 1.165) is 13.1 Å². The quantitative estimate of drug-likeness (QED) is 0.638. The molecule has 2 aliphatic rings. The van der Waals surface area contributed by atoms with Gasteiger partial charge in [-0.1, -0.05) is 13.3 Å². The predicted molar refractivity (Wildman–Crippen MR) is 46.4 cm³/mol. The van der Waals surface area contributed by atoms with E-state index in [0.29, 0.717) is 11.5 Å². The SMILES string of the molecule is CC1(CN2CC(N)C2)CCC1. The van der Waals surface area contributed by atoms with Gasteiger partial charge in [-0.25, -0.2) is 0 Å². The van der Waals surface area contributed by atoms with E-state index < -0.39 is 0 Å². The van der Waals surface area contributed by atoms with E-state index in [-0.39, 0.29) is 0 Å². The van der Waals surface area contributed by atoms with Crippen LogP contribution in [0.15, 0.2) is 0 Å². The predicted octanol–water partition coefficient (Wildman–Crippen LogP) is 0.819. The second kappa shape index (κ2) is 2.46. The average Bonchev–Trinajstić information content (AvgIpc) is 1.81. The molecule has 0 aromatic heterocycles. The van der Waals surface area contributed by atoms with Gasteiger partial charge in [0, 0.05) is 25.7 Å². The van der Waals surface area contributed by atoms with Gasteiger partial charge in [-0.15, -0.1) is 0 Å². The molecule has 11 heavy (non-hydrogen) atoms. The minimum Gasteiger partial charge on any atom is -0.325 e. The van der Waals surface area contributed by atoms with Crippen molar-refractivity contribution in [2.24, 2.45) is 11.1 Å². The second-order valence-electron chi connectivity index (χ2n) is 4.62. The van der Waals surface area contributed by atoms with Gasteiger partial charge < -0.3 is 5.73 Å². The number of nitrogens with zero attached hydrogens (tertiary/aromatic N) is 1. The van der Waals surface area contributed by atoms with Gasteiger partial charge in [0.05, 0.1) is 0 Å². The highest BCUT2D eigenvalue weighted by molar-refractivity contribution is 4.91. The first kappa shape index (κ1) is 7.56. The van der Waals surface area contributed by atoms with Crippen LogP contribution in [0.4, 0.5) is 0 Å². The lowest BCUT2D eigenvalue weighted by molar-refractivity contribution is 0.0410. The van der Waals surface area contributed by atoms with Crippen LogP contribution in [0.1, 0.15) is 26.2 Å². The topological polar surface area (TPSA) is 29.3 Å². The third-order valence-corrected chi connectivity index (χ3v) is 3.15. The zero-order valence-electron chi connectivity index (χ0n) is 7.34. The fourth-order valence-corrected chi connectivity index (χ4v) is 2.22. The van der Waals surface area contributed by atoms with Crippen molar-refractivity contribution in [3.05, 3.63) is 0 Å². The second-order valence-corrected chi connectivity index (χ2v) is 4.62. The summed E-state index contributed by atoms with van der Waals surface area (Å²) in [4.78, 5) is 2.49. The zero-order chi connectivity index (χ0) is 7.90. The Morgan fingerprint density at radius 2 is 2.09 bits per heavy atom. The Hall–Kier alpha value is -0.0800. The number of likely N-dealkylation sites (tertiary alicyclic amines) is 1. The van der Waals surface area contributed by atoms with Crippen molar-refractivity contribution in [1.82, 2.24) is 4.90 Å². The minimum atomic E-state index is 0.471. The third-order valence-electron chi connectivity index (χ3n) is 3.15. The molecular weight excluding hydrogens is 136 g/mol. The first-order valence-corrected chi connectivity index (χ1v) is 4.66. The first-order chi connectivity index (χ1) is 5.18. The van der Waals surface area contributed by atoms with Crippen LogP contribution >= 0.6 is 0 Å². The van der Waals surface area contributed by atoms with Crippen LogP contribution in [0.2, 0.25) is 0 Å². The molecule has 1 aliphatic heterocycles. The number of rotatable bonds is 2. The highest BCUT2D eigenvalue weighted by Crippen LogP contribution is 2.41. The molecule has 2 fully saturated rings. The highest BCUT2D eigenvalue weighted by Gasteiger charge is 2.36. The molecule has 1 saturated heterocycles. The maximum absolute atomic E-state index is 5.71. The van der Waals surface area contributed by atoms with E-state index in [1.165, 1.54) is 25.8 Å². The molecule has 0 bridgehead atoms. The lowest BCUT2D eigenvalue weighted by Gasteiger charge is -2.47. The van der Waals surface area contributed by atoms with Crippen molar-refractivity contribution in [3.8, 4) is 0 Å². The molecule has 64 valence electrons. The van der Waals surface area contributed by atoms with Gasteiger partial charge in [-0.05, 0) is 18.3 Å². The van der Waals surface area contributed by atoms with E-state index in [2.05, 4.69) is 11.8 Å². The Morgan fingerprint density at radius 3 is 2.45 bits per heavy atom. The van der Waals surface area contributed by atoms with E-state index >= 15 is 0 Å².